The normalized spacial score (nSPS) is 27.2. The van der Waals surface area contributed by atoms with Crippen molar-refractivity contribution in [3.63, 3.8) is 0 Å². The summed E-state index contributed by atoms with van der Waals surface area (Å²) in [5.74, 6) is 0. The molecule has 3 rings (SSSR count). The smallest absolute Gasteiger partial charge is 0.145 e. The minimum atomic E-state index is -0.255. The van der Waals surface area contributed by atoms with Crippen molar-refractivity contribution in [2.75, 3.05) is 13.7 Å². The summed E-state index contributed by atoms with van der Waals surface area (Å²) >= 11 is 0. The highest BCUT2D eigenvalue weighted by Crippen LogP contribution is 2.38. The van der Waals surface area contributed by atoms with E-state index in [0.29, 0.717) is 0 Å². The Hall–Kier alpha value is -1.12. The molecule has 0 saturated heterocycles. The third-order valence-corrected chi connectivity index (χ3v) is 4.55. The summed E-state index contributed by atoms with van der Waals surface area (Å²) < 4.78 is 5.98. The number of benzene rings is 1. The molecule has 0 saturated carbocycles. The van der Waals surface area contributed by atoms with Crippen LogP contribution in [0.1, 0.15) is 37.7 Å². The van der Waals surface area contributed by atoms with E-state index in [-0.39, 0.29) is 5.72 Å². The Morgan fingerprint density at radius 3 is 2.68 bits per heavy atom. The van der Waals surface area contributed by atoms with Crippen LogP contribution in [-0.2, 0) is 11.2 Å². The molecule has 102 valence electrons. The van der Waals surface area contributed by atoms with E-state index in [1.165, 1.54) is 43.2 Å². The van der Waals surface area contributed by atoms with Crippen LogP contribution in [0.4, 0.5) is 0 Å². The SMILES string of the molecule is COC1(Cc2ccccc2)NCCC2=C1CCCC2. The standard InChI is InChI=1S/C17H23NO/c1-19-17(13-14-7-3-2-4-8-14)16-10-6-5-9-15(16)11-12-18-17/h2-4,7-8,18H,5-6,9-13H2,1H3. The van der Waals surface area contributed by atoms with Gasteiger partial charge in [0, 0.05) is 20.1 Å². The molecule has 1 aromatic carbocycles. The quantitative estimate of drug-likeness (QED) is 0.838. The molecule has 0 amide bonds. The van der Waals surface area contributed by atoms with Gasteiger partial charge in [-0.2, -0.15) is 0 Å². The average molecular weight is 257 g/mol. The van der Waals surface area contributed by atoms with Gasteiger partial charge in [-0.05, 0) is 43.2 Å². The zero-order valence-electron chi connectivity index (χ0n) is 11.7. The van der Waals surface area contributed by atoms with Crippen LogP contribution in [0.2, 0.25) is 0 Å². The zero-order chi connectivity index (χ0) is 13.1. The van der Waals surface area contributed by atoms with Crippen molar-refractivity contribution >= 4 is 0 Å². The first-order valence-electron chi connectivity index (χ1n) is 7.39. The summed E-state index contributed by atoms with van der Waals surface area (Å²) in [6, 6.07) is 10.7. The maximum atomic E-state index is 5.98. The highest BCUT2D eigenvalue weighted by atomic mass is 16.5. The second-order valence-corrected chi connectivity index (χ2v) is 5.66. The van der Waals surface area contributed by atoms with Gasteiger partial charge in [0.2, 0.25) is 0 Å². The third-order valence-electron chi connectivity index (χ3n) is 4.55. The van der Waals surface area contributed by atoms with Crippen molar-refractivity contribution in [3.8, 4) is 0 Å². The second-order valence-electron chi connectivity index (χ2n) is 5.66. The van der Waals surface area contributed by atoms with E-state index in [4.69, 9.17) is 4.74 Å². The first kappa shape index (κ1) is 12.9. The summed E-state index contributed by atoms with van der Waals surface area (Å²) in [6.45, 7) is 1.04. The van der Waals surface area contributed by atoms with Crippen molar-refractivity contribution in [2.24, 2.45) is 0 Å². The lowest BCUT2D eigenvalue weighted by Crippen LogP contribution is -2.54. The molecule has 1 N–H and O–H groups in total. The van der Waals surface area contributed by atoms with Gasteiger partial charge in [-0.25, -0.2) is 0 Å². The zero-order valence-corrected chi connectivity index (χ0v) is 11.7. The maximum absolute atomic E-state index is 5.98. The molecule has 2 nitrogen and oxygen atoms in total. The third kappa shape index (κ3) is 2.47. The average Bonchev–Trinajstić information content (AvgIpc) is 2.49. The van der Waals surface area contributed by atoms with Crippen LogP contribution in [0.25, 0.3) is 0 Å². The summed E-state index contributed by atoms with van der Waals surface area (Å²) in [5, 5.41) is 3.65. The van der Waals surface area contributed by atoms with E-state index in [1.54, 1.807) is 5.57 Å². The van der Waals surface area contributed by atoms with E-state index in [1.807, 2.05) is 7.11 Å². The topological polar surface area (TPSA) is 21.3 Å². The van der Waals surface area contributed by atoms with Crippen molar-refractivity contribution < 1.29 is 4.74 Å². The fourth-order valence-electron chi connectivity index (χ4n) is 3.57. The van der Waals surface area contributed by atoms with Gasteiger partial charge in [0.15, 0.2) is 0 Å². The van der Waals surface area contributed by atoms with Crippen LogP contribution in [0, 0.1) is 0 Å². The molecule has 1 aliphatic heterocycles. The van der Waals surface area contributed by atoms with Gasteiger partial charge in [0.25, 0.3) is 0 Å². The van der Waals surface area contributed by atoms with Gasteiger partial charge >= 0.3 is 0 Å². The lowest BCUT2D eigenvalue weighted by molar-refractivity contribution is -0.0168. The molecule has 0 bridgehead atoms. The van der Waals surface area contributed by atoms with Crippen LogP contribution in [-0.4, -0.2) is 19.4 Å². The fraction of sp³-hybridized carbons (Fsp3) is 0.529. The largest absolute Gasteiger partial charge is 0.360 e. The predicted octanol–water partition coefficient (Wildman–Crippen LogP) is 3.44. The predicted molar refractivity (Wildman–Crippen MR) is 78.0 cm³/mol. The van der Waals surface area contributed by atoms with E-state index in [9.17, 15) is 0 Å². The van der Waals surface area contributed by atoms with E-state index in [2.05, 4.69) is 35.6 Å². The van der Waals surface area contributed by atoms with Crippen LogP contribution >= 0.6 is 0 Å². The first-order chi connectivity index (χ1) is 9.34. The molecule has 0 radical (unpaired) electrons. The van der Waals surface area contributed by atoms with Gasteiger partial charge in [0.1, 0.15) is 5.72 Å². The summed E-state index contributed by atoms with van der Waals surface area (Å²) in [4.78, 5) is 0. The number of hydrogen-bond acceptors (Lipinski definition) is 2. The molecule has 1 atom stereocenters. The van der Waals surface area contributed by atoms with Crippen LogP contribution in [0.3, 0.4) is 0 Å². The molecule has 1 heterocycles. The number of nitrogens with one attached hydrogen (secondary N) is 1. The minimum absolute atomic E-state index is 0.255. The fourth-order valence-corrected chi connectivity index (χ4v) is 3.57. The molecular formula is C17H23NO. The van der Waals surface area contributed by atoms with Crippen molar-refractivity contribution in [2.45, 2.75) is 44.2 Å². The Morgan fingerprint density at radius 2 is 1.89 bits per heavy atom. The van der Waals surface area contributed by atoms with Crippen LogP contribution in [0.5, 0.6) is 0 Å². The van der Waals surface area contributed by atoms with Crippen LogP contribution < -0.4 is 5.32 Å². The van der Waals surface area contributed by atoms with E-state index >= 15 is 0 Å². The van der Waals surface area contributed by atoms with E-state index < -0.39 is 0 Å². The van der Waals surface area contributed by atoms with Gasteiger partial charge in [-0.3, -0.25) is 5.32 Å². The first-order valence-corrected chi connectivity index (χ1v) is 7.39. The molecular weight excluding hydrogens is 234 g/mol. The van der Waals surface area contributed by atoms with Gasteiger partial charge < -0.3 is 4.74 Å². The van der Waals surface area contributed by atoms with Crippen LogP contribution in [0.15, 0.2) is 41.5 Å². The molecule has 1 aliphatic carbocycles. The monoisotopic (exact) mass is 257 g/mol. The van der Waals surface area contributed by atoms with Gasteiger partial charge in [-0.15, -0.1) is 0 Å². The van der Waals surface area contributed by atoms with Crippen molar-refractivity contribution in [1.82, 2.24) is 5.32 Å². The van der Waals surface area contributed by atoms with Crippen molar-refractivity contribution in [3.05, 3.63) is 47.0 Å². The molecule has 0 aromatic heterocycles. The summed E-state index contributed by atoms with van der Waals surface area (Å²) in [5.41, 5.74) is 4.28. The lowest BCUT2D eigenvalue weighted by atomic mass is 9.79. The Balaban J connectivity index is 1.93. The summed E-state index contributed by atoms with van der Waals surface area (Å²) in [6.07, 6.45) is 7.27. The van der Waals surface area contributed by atoms with Crippen molar-refractivity contribution in [1.29, 1.82) is 0 Å². The number of rotatable bonds is 3. The second kappa shape index (κ2) is 5.48. The highest BCUT2D eigenvalue weighted by Gasteiger charge is 2.39. The molecule has 0 spiro atoms. The molecule has 1 aromatic rings. The Labute approximate surface area is 115 Å². The Morgan fingerprint density at radius 1 is 1.11 bits per heavy atom. The Bertz CT molecular complexity index is 461. The number of ether oxygens (including phenoxy) is 1. The molecule has 2 aliphatic rings. The number of methoxy groups -OCH3 is 1. The molecule has 2 heteroatoms. The Kier molecular flexibility index (Phi) is 3.72. The molecule has 19 heavy (non-hydrogen) atoms. The molecule has 1 unspecified atom stereocenters. The van der Waals surface area contributed by atoms with Gasteiger partial charge in [0.05, 0.1) is 0 Å². The highest BCUT2D eigenvalue weighted by molar-refractivity contribution is 5.32. The number of hydrogen-bond donors (Lipinski definition) is 1. The minimum Gasteiger partial charge on any atom is -0.360 e. The van der Waals surface area contributed by atoms with Gasteiger partial charge in [-0.1, -0.05) is 35.9 Å². The molecule has 0 fully saturated rings. The lowest BCUT2D eigenvalue weighted by Gasteiger charge is -2.43. The van der Waals surface area contributed by atoms with E-state index in [0.717, 1.165) is 13.0 Å². The summed E-state index contributed by atoms with van der Waals surface area (Å²) in [7, 11) is 1.85. The maximum Gasteiger partial charge on any atom is 0.145 e.